The van der Waals surface area contributed by atoms with Crippen molar-refractivity contribution < 1.29 is 13.9 Å². The molecule has 1 saturated heterocycles. The number of hydrogen-bond donors (Lipinski definition) is 0. The zero-order valence-corrected chi connectivity index (χ0v) is 19.8. The lowest BCUT2D eigenvalue weighted by Gasteiger charge is -2.29. The number of amides is 1. The number of carbonyl (C=O) groups excluding carboxylic acids is 1. The molecule has 35 heavy (non-hydrogen) atoms. The highest BCUT2D eigenvalue weighted by Crippen LogP contribution is 2.39. The zero-order chi connectivity index (χ0) is 23.9. The van der Waals surface area contributed by atoms with Gasteiger partial charge in [0.2, 0.25) is 5.76 Å². The smallest absolute Gasteiger partial charge is 0.290 e. The molecule has 2 aliphatic rings. The van der Waals surface area contributed by atoms with Crippen LogP contribution >= 0.6 is 0 Å². The fraction of sp³-hybridized carbons (Fsp3) is 0.310. The lowest BCUT2D eigenvalue weighted by Crippen LogP contribution is -2.38. The molecule has 0 aliphatic carbocycles. The molecule has 6 nitrogen and oxygen atoms in total. The van der Waals surface area contributed by atoms with Crippen LogP contribution in [0.15, 0.2) is 69.9 Å². The molecule has 0 bridgehead atoms. The maximum Gasteiger partial charge on any atom is 0.290 e. The first-order valence-corrected chi connectivity index (χ1v) is 12.3. The topological polar surface area (TPSA) is 63.0 Å². The molecule has 0 radical (unpaired) electrons. The van der Waals surface area contributed by atoms with Gasteiger partial charge in [0, 0.05) is 31.6 Å². The maximum atomic E-state index is 13.9. The molecule has 1 fully saturated rings. The standard InChI is InChI=1S/C29H28N2O4/c1-19-7-9-21(10-8-19)25-24-26(32)23-12-11-20-5-2-3-6-22(20)27(23)35-28(24)29(33)31(25)14-4-13-30-15-17-34-18-16-30/h2-3,5-12,25H,4,13-18H2,1H3. The van der Waals surface area contributed by atoms with E-state index in [0.29, 0.717) is 23.1 Å². The molecule has 2 aliphatic heterocycles. The number of hydrogen-bond acceptors (Lipinski definition) is 5. The van der Waals surface area contributed by atoms with Crippen LogP contribution in [-0.2, 0) is 4.74 Å². The van der Waals surface area contributed by atoms with E-state index in [4.69, 9.17) is 9.15 Å². The summed E-state index contributed by atoms with van der Waals surface area (Å²) in [6.07, 6.45) is 0.818. The maximum absolute atomic E-state index is 13.9. The minimum atomic E-state index is -0.449. The number of benzene rings is 3. The van der Waals surface area contributed by atoms with Crippen LogP contribution in [0.1, 0.15) is 39.7 Å². The third-order valence-corrected chi connectivity index (χ3v) is 7.23. The molecular formula is C29H28N2O4. The predicted molar refractivity (Wildman–Crippen MR) is 136 cm³/mol. The first kappa shape index (κ1) is 22.0. The lowest BCUT2D eigenvalue weighted by atomic mass is 9.97. The monoisotopic (exact) mass is 468 g/mol. The summed E-state index contributed by atoms with van der Waals surface area (Å²) >= 11 is 0. The van der Waals surface area contributed by atoms with Crippen LogP contribution in [0.5, 0.6) is 0 Å². The van der Waals surface area contributed by atoms with Crippen molar-refractivity contribution in [1.29, 1.82) is 0 Å². The second kappa shape index (κ2) is 8.95. The molecule has 0 spiro atoms. The van der Waals surface area contributed by atoms with Crippen molar-refractivity contribution in [2.75, 3.05) is 39.4 Å². The number of carbonyl (C=O) groups is 1. The number of aryl methyl sites for hydroxylation is 1. The van der Waals surface area contributed by atoms with Crippen LogP contribution in [0.2, 0.25) is 0 Å². The summed E-state index contributed by atoms with van der Waals surface area (Å²) in [7, 11) is 0. The van der Waals surface area contributed by atoms with Gasteiger partial charge in [-0.2, -0.15) is 0 Å². The molecular weight excluding hydrogens is 440 g/mol. The lowest BCUT2D eigenvalue weighted by molar-refractivity contribution is 0.0353. The fourth-order valence-corrected chi connectivity index (χ4v) is 5.36. The second-order valence-corrected chi connectivity index (χ2v) is 9.46. The van der Waals surface area contributed by atoms with Crippen LogP contribution in [0.4, 0.5) is 0 Å². The molecule has 1 amide bonds. The highest BCUT2D eigenvalue weighted by Gasteiger charge is 2.42. The molecule has 3 aromatic carbocycles. The second-order valence-electron chi connectivity index (χ2n) is 9.46. The van der Waals surface area contributed by atoms with Crippen molar-refractivity contribution in [2.24, 2.45) is 0 Å². The molecule has 1 unspecified atom stereocenters. The predicted octanol–water partition coefficient (Wildman–Crippen LogP) is 4.52. The Morgan fingerprint density at radius 1 is 0.886 bits per heavy atom. The van der Waals surface area contributed by atoms with E-state index in [1.807, 2.05) is 72.5 Å². The summed E-state index contributed by atoms with van der Waals surface area (Å²) in [5.74, 6) is -0.0321. The SMILES string of the molecule is Cc1ccc(C2c3c(oc4c(ccc5ccccc54)c3=O)C(=O)N2CCCN2CCOCC2)cc1. The van der Waals surface area contributed by atoms with Gasteiger partial charge in [-0.1, -0.05) is 60.2 Å². The first-order valence-electron chi connectivity index (χ1n) is 12.3. The Morgan fingerprint density at radius 2 is 1.66 bits per heavy atom. The largest absolute Gasteiger partial charge is 0.450 e. The van der Waals surface area contributed by atoms with Crippen LogP contribution in [0.3, 0.4) is 0 Å². The first-order chi connectivity index (χ1) is 17.1. The Kier molecular flexibility index (Phi) is 5.63. The van der Waals surface area contributed by atoms with E-state index in [-0.39, 0.29) is 17.1 Å². The molecule has 4 aromatic rings. The zero-order valence-electron chi connectivity index (χ0n) is 19.8. The van der Waals surface area contributed by atoms with Crippen molar-refractivity contribution in [3.05, 3.63) is 93.3 Å². The summed E-state index contributed by atoms with van der Waals surface area (Å²) < 4.78 is 11.7. The van der Waals surface area contributed by atoms with E-state index >= 15 is 0 Å². The molecule has 6 heteroatoms. The van der Waals surface area contributed by atoms with Crippen molar-refractivity contribution in [3.8, 4) is 0 Å². The van der Waals surface area contributed by atoms with Gasteiger partial charge in [0.15, 0.2) is 5.43 Å². The van der Waals surface area contributed by atoms with Crippen molar-refractivity contribution in [3.63, 3.8) is 0 Å². The highest BCUT2D eigenvalue weighted by molar-refractivity contribution is 6.06. The number of nitrogens with zero attached hydrogens (tertiary/aromatic N) is 2. The molecule has 3 heterocycles. The molecule has 6 rings (SSSR count). The van der Waals surface area contributed by atoms with Gasteiger partial charge in [0.1, 0.15) is 5.58 Å². The summed E-state index contributed by atoms with van der Waals surface area (Å²) in [5.41, 5.74) is 2.88. The number of ether oxygens (including phenoxy) is 1. The van der Waals surface area contributed by atoms with E-state index in [2.05, 4.69) is 4.90 Å². The average molecular weight is 469 g/mol. The van der Waals surface area contributed by atoms with Crippen LogP contribution in [-0.4, -0.2) is 55.1 Å². The third kappa shape index (κ3) is 3.83. The molecule has 0 saturated carbocycles. The molecule has 1 atom stereocenters. The van der Waals surface area contributed by atoms with Gasteiger partial charge in [0.05, 0.1) is 30.2 Å². The number of morpholine rings is 1. The Morgan fingerprint density at radius 3 is 2.46 bits per heavy atom. The van der Waals surface area contributed by atoms with Crippen molar-refractivity contribution in [2.45, 2.75) is 19.4 Å². The van der Waals surface area contributed by atoms with Gasteiger partial charge in [-0.3, -0.25) is 14.5 Å². The van der Waals surface area contributed by atoms with E-state index in [1.54, 1.807) is 0 Å². The fourth-order valence-electron chi connectivity index (χ4n) is 5.36. The van der Waals surface area contributed by atoms with Crippen LogP contribution in [0.25, 0.3) is 21.7 Å². The Labute approximate surface area is 203 Å². The number of rotatable bonds is 5. The normalized spacial score (nSPS) is 18.5. The Balaban J connectivity index is 1.44. The summed E-state index contributed by atoms with van der Waals surface area (Å²) in [6, 6.07) is 19.2. The van der Waals surface area contributed by atoms with E-state index in [0.717, 1.165) is 61.2 Å². The summed E-state index contributed by atoms with van der Waals surface area (Å²) in [5, 5.41) is 2.34. The van der Waals surface area contributed by atoms with Crippen molar-refractivity contribution >= 4 is 27.6 Å². The average Bonchev–Trinajstić information content (AvgIpc) is 3.17. The summed E-state index contributed by atoms with van der Waals surface area (Å²) in [4.78, 5) is 31.8. The van der Waals surface area contributed by atoms with Gasteiger partial charge in [0.25, 0.3) is 5.91 Å². The van der Waals surface area contributed by atoms with Crippen LogP contribution < -0.4 is 5.43 Å². The molecule has 1 aromatic heterocycles. The third-order valence-electron chi connectivity index (χ3n) is 7.23. The number of fused-ring (bicyclic) bond motifs is 4. The van der Waals surface area contributed by atoms with Gasteiger partial charge >= 0.3 is 0 Å². The quantitative estimate of drug-likeness (QED) is 0.403. The van der Waals surface area contributed by atoms with Gasteiger partial charge in [-0.15, -0.1) is 0 Å². The molecule has 0 N–H and O–H groups in total. The summed E-state index contributed by atoms with van der Waals surface area (Å²) in [6.45, 7) is 6.79. The molecule has 178 valence electrons. The van der Waals surface area contributed by atoms with E-state index in [9.17, 15) is 9.59 Å². The van der Waals surface area contributed by atoms with Crippen molar-refractivity contribution in [1.82, 2.24) is 9.80 Å². The minimum Gasteiger partial charge on any atom is -0.450 e. The Bertz CT molecular complexity index is 1470. The Hall–Kier alpha value is -3.48. The highest BCUT2D eigenvalue weighted by atomic mass is 16.5. The van der Waals surface area contributed by atoms with E-state index in [1.165, 1.54) is 0 Å². The van der Waals surface area contributed by atoms with E-state index < -0.39 is 6.04 Å². The van der Waals surface area contributed by atoms with Crippen LogP contribution in [0, 0.1) is 6.92 Å². The van der Waals surface area contributed by atoms with Gasteiger partial charge in [-0.05, 0) is 30.4 Å². The minimum absolute atomic E-state index is 0.124. The van der Waals surface area contributed by atoms with Gasteiger partial charge < -0.3 is 14.1 Å². The van der Waals surface area contributed by atoms with Gasteiger partial charge in [-0.25, -0.2) is 0 Å².